The van der Waals surface area contributed by atoms with Crippen molar-refractivity contribution in [3.05, 3.63) is 41.8 Å². The van der Waals surface area contributed by atoms with E-state index in [-0.39, 0.29) is 5.89 Å². The second-order valence-electron chi connectivity index (χ2n) is 3.89. The van der Waals surface area contributed by atoms with Crippen molar-refractivity contribution in [2.24, 2.45) is 0 Å². The number of nitrogens with zero attached hydrogens (tertiary/aromatic N) is 1. The van der Waals surface area contributed by atoms with Gasteiger partial charge in [0.1, 0.15) is 5.69 Å². The van der Waals surface area contributed by atoms with Crippen LogP contribution in [0.15, 0.2) is 34.7 Å². The van der Waals surface area contributed by atoms with Gasteiger partial charge in [0.25, 0.3) is 0 Å². The maximum atomic E-state index is 12.8. The molecular formula is C12H7F5INO2. The fraction of sp³-hybridized carbons (Fsp3) is 0.250. The Hall–Kier alpha value is -1.23. The van der Waals surface area contributed by atoms with Crippen molar-refractivity contribution >= 4 is 22.6 Å². The molecule has 1 aromatic heterocycles. The Labute approximate surface area is 129 Å². The van der Waals surface area contributed by atoms with Crippen LogP contribution in [0.3, 0.4) is 0 Å². The van der Waals surface area contributed by atoms with Crippen molar-refractivity contribution in [2.45, 2.75) is 16.9 Å². The summed E-state index contributed by atoms with van der Waals surface area (Å²) in [7, 11) is 0. The van der Waals surface area contributed by atoms with Gasteiger partial charge in [-0.1, -0.05) is 18.2 Å². The van der Waals surface area contributed by atoms with E-state index in [1.54, 1.807) is 18.2 Å². The number of rotatable bonds is 4. The summed E-state index contributed by atoms with van der Waals surface area (Å²) >= 11 is 0.659. The summed E-state index contributed by atoms with van der Waals surface area (Å²) in [5.41, 5.74) is -0.423. The van der Waals surface area contributed by atoms with E-state index in [9.17, 15) is 22.0 Å². The third-order valence-corrected chi connectivity index (χ3v) is 2.66. The van der Waals surface area contributed by atoms with Crippen molar-refractivity contribution in [1.29, 1.82) is 0 Å². The molecule has 0 bridgehead atoms. The molecular weight excluding hydrogens is 412 g/mol. The summed E-state index contributed by atoms with van der Waals surface area (Å²) in [4.78, 5) is 3.60. The number of alkyl halides is 6. The van der Waals surface area contributed by atoms with Gasteiger partial charge in [0.05, 0.1) is 6.61 Å². The molecule has 0 amide bonds. The van der Waals surface area contributed by atoms with Crippen LogP contribution in [-0.4, -0.2) is 9.10 Å². The van der Waals surface area contributed by atoms with Gasteiger partial charge >= 0.3 is 10.3 Å². The second kappa shape index (κ2) is 5.87. The van der Waals surface area contributed by atoms with Crippen LogP contribution in [0, 0.1) is 0 Å². The summed E-state index contributed by atoms with van der Waals surface area (Å²) in [6.45, 7) is -1.01. The quantitative estimate of drug-likeness (QED) is 0.404. The Morgan fingerprint density at radius 1 is 1.10 bits per heavy atom. The van der Waals surface area contributed by atoms with Gasteiger partial charge in [-0.3, -0.25) is 0 Å². The van der Waals surface area contributed by atoms with Crippen molar-refractivity contribution in [1.82, 2.24) is 4.98 Å². The Morgan fingerprint density at radius 2 is 1.71 bits per heavy atom. The number of halogens is 6. The highest BCUT2D eigenvalue weighted by Crippen LogP contribution is 2.36. The molecule has 0 saturated carbocycles. The van der Waals surface area contributed by atoms with E-state index in [1.165, 1.54) is 12.1 Å². The van der Waals surface area contributed by atoms with Gasteiger partial charge in [0, 0.05) is 28.2 Å². The highest BCUT2D eigenvalue weighted by atomic mass is 127. The summed E-state index contributed by atoms with van der Waals surface area (Å²) < 4.78 is 68.7. The fourth-order valence-corrected chi connectivity index (χ4v) is 1.68. The molecule has 0 aliphatic carbocycles. The molecule has 21 heavy (non-hydrogen) atoms. The lowest BCUT2D eigenvalue weighted by Gasteiger charge is -2.09. The first-order valence-electron chi connectivity index (χ1n) is 5.50. The summed E-state index contributed by atoms with van der Waals surface area (Å²) in [6, 6.07) is 7.81. The zero-order valence-corrected chi connectivity index (χ0v) is 12.3. The smallest absolute Gasteiger partial charge is 0.431 e. The molecule has 0 radical (unpaired) electrons. The lowest BCUT2D eigenvalue weighted by Crippen LogP contribution is -2.14. The predicted molar refractivity (Wildman–Crippen MR) is 70.7 cm³/mol. The van der Waals surface area contributed by atoms with Crippen LogP contribution in [0.5, 0.6) is 0 Å². The van der Waals surface area contributed by atoms with E-state index in [1.807, 2.05) is 0 Å². The van der Waals surface area contributed by atoms with Crippen LogP contribution in [0.1, 0.15) is 11.5 Å². The molecule has 0 saturated heterocycles. The summed E-state index contributed by atoms with van der Waals surface area (Å²) in [6.07, 6.45) is -4.85. The Balaban J connectivity index is 2.36. The lowest BCUT2D eigenvalue weighted by atomic mass is 10.2. The Kier molecular flexibility index (Phi) is 4.51. The molecule has 0 fully saturated rings. The zero-order valence-electron chi connectivity index (χ0n) is 10.1. The van der Waals surface area contributed by atoms with E-state index in [4.69, 9.17) is 0 Å². The summed E-state index contributed by atoms with van der Waals surface area (Å²) in [5, 5.41) is 0. The summed E-state index contributed by atoms with van der Waals surface area (Å²) in [5.74, 6) is -1.75. The largest absolute Gasteiger partial charge is 0.451 e. The fourth-order valence-electron chi connectivity index (χ4n) is 1.53. The van der Waals surface area contributed by atoms with Crippen molar-refractivity contribution < 1.29 is 31.1 Å². The Bertz CT molecular complexity index is 606. The number of oxazole rings is 1. The molecule has 0 N–H and O–H groups in total. The van der Waals surface area contributed by atoms with Gasteiger partial charge in [0.15, 0.2) is 0 Å². The van der Waals surface area contributed by atoms with Gasteiger partial charge < -0.3 is 9.15 Å². The minimum Gasteiger partial charge on any atom is -0.431 e. The highest BCUT2D eigenvalue weighted by Gasteiger charge is 2.40. The number of ether oxygens (including phenoxy) is 1. The van der Waals surface area contributed by atoms with Gasteiger partial charge in [-0.15, -0.1) is 0 Å². The topological polar surface area (TPSA) is 35.3 Å². The van der Waals surface area contributed by atoms with Gasteiger partial charge in [-0.2, -0.15) is 22.0 Å². The maximum absolute atomic E-state index is 12.8. The molecule has 3 nitrogen and oxygen atoms in total. The third-order valence-electron chi connectivity index (χ3n) is 2.35. The molecule has 0 spiro atoms. The van der Waals surface area contributed by atoms with E-state index in [0.717, 1.165) is 0 Å². The SMILES string of the molecule is FC(F)(I)OCc1nc(-c2ccccc2)oc1C(F)(F)F. The molecule has 114 valence electrons. The van der Waals surface area contributed by atoms with E-state index in [0.29, 0.717) is 28.2 Å². The average molecular weight is 419 g/mol. The molecule has 2 rings (SSSR count). The number of hydrogen-bond donors (Lipinski definition) is 0. The van der Waals surface area contributed by atoms with E-state index >= 15 is 0 Å². The molecule has 9 heteroatoms. The van der Waals surface area contributed by atoms with Crippen LogP contribution in [0.2, 0.25) is 0 Å². The molecule has 1 heterocycles. The van der Waals surface area contributed by atoms with Gasteiger partial charge in [-0.25, -0.2) is 4.98 Å². The third kappa shape index (κ3) is 4.37. The van der Waals surface area contributed by atoms with Gasteiger partial charge in [-0.05, 0) is 12.1 Å². The van der Waals surface area contributed by atoms with Crippen LogP contribution in [0.4, 0.5) is 22.0 Å². The van der Waals surface area contributed by atoms with Crippen molar-refractivity contribution in [3.63, 3.8) is 0 Å². The van der Waals surface area contributed by atoms with Crippen LogP contribution < -0.4 is 0 Å². The first kappa shape index (κ1) is 16.1. The molecule has 0 aliphatic rings. The zero-order chi connectivity index (χ0) is 15.7. The number of hydrogen-bond acceptors (Lipinski definition) is 3. The normalized spacial score (nSPS) is 12.7. The molecule has 1 aromatic carbocycles. The molecule has 2 aromatic rings. The first-order chi connectivity index (χ1) is 9.67. The molecule has 0 atom stereocenters. The predicted octanol–water partition coefficient (Wildman–Crippen LogP) is 4.86. The Morgan fingerprint density at radius 3 is 2.24 bits per heavy atom. The maximum Gasteiger partial charge on any atom is 0.451 e. The highest BCUT2D eigenvalue weighted by molar-refractivity contribution is 14.1. The van der Waals surface area contributed by atoms with E-state index < -0.39 is 28.4 Å². The van der Waals surface area contributed by atoms with Crippen LogP contribution in [0.25, 0.3) is 11.5 Å². The van der Waals surface area contributed by atoms with Crippen molar-refractivity contribution in [2.75, 3.05) is 0 Å². The van der Waals surface area contributed by atoms with E-state index in [2.05, 4.69) is 14.1 Å². The minimum absolute atomic E-state index is 0.301. The second-order valence-corrected chi connectivity index (χ2v) is 5.15. The van der Waals surface area contributed by atoms with Crippen LogP contribution >= 0.6 is 22.6 Å². The number of benzene rings is 1. The van der Waals surface area contributed by atoms with Crippen molar-refractivity contribution in [3.8, 4) is 11.5 Å². The van der Waals surface area contributed by atoms with Crippen LogP contribution in [-0.2, 0) is 17.5 Å². The monoisotopic (exact) mass is 419 g/mol. The van der Waals surface area contributed by atoms with Gasteiger partial charge in [0.2, 0.25) is 11.7 Å². The average Bonchev–Trinajstić information content (AvgIpc) is 2.81. The number of aromatic nitrogens is 1. The minimum atomic E-state index is -4.85. The standard InChI is InChI=1S/C12H7F5INO2/c13-11(14,15)9-8(6-20-12(16,17)18)19-10(21-9)7-4-2-1-3-5-7/h1-5H,6H2. The molecule has 0 aliphatic heterocycles. The molecule has 0 unspecified atom stereocenters. The lowest BCUT2D eigenvalue weighted by molar-refractivity contribution is -0.166. The first-order valence-corrected chi connectivity index (χ1v) is 6.58.